The average Bonchev–Trinajstić information content (AvgIpc) is 2.59. The second-order valence-electron chi connectivity index (χ2n) is 3.65. The Balaban J connectivity index is 1.77. The SMILES string of the molecule is C1=CC(OC2CCNC2)CCC1. The van der Waals surface area contributed by atoms with Crippen LogP contribution in [0.5, 0.6) is 0 Å². The van der Waals surface area contributed by atoms with Gasteiger partial charge in [0.05, 0.1) is 12.2 Å². The van der Waals surface area contributed by atoms with Crippen molar-refractivity contribution in [3.05, 3.63) is 12.2 Å². The summed E-state index contributed by atoms with van der Waals surface area (Å²) in [5.74, 6) is 0. The van der Waals surface area contributed by atoms with Crippen molar-refractivity contribution < 1.29 is 4.74 Å². The van der Waals surface area contributed by atoms with Gasteiger partial charge in [-0.15, -0.1) is 0 Å². The molecule has 1 aliphatic heterocycles. The van der Waals surface area contributed by atoms with Crippen LogP contribution in [0.3, 0.4) is 0 Å². The number of allylic oxidation sites excluding steroid dienone is 1. The lowest BCUT2D eigenvalue weighted by molar-refractivity contribution is 0.0183. The zero-order chi connectivity index (χ0) is 8.23. The Morgan fingerprint density at radius 2 is 2.33 bits per heavy atom. The molecule has 0 saturated carbocycles. The molecular weight excluding hydrogens is 150 g/mol. The lowest BCUT2D eigenvalue weighted by Gasteiger charge is -2.20. The summed E-state index contributed by atoms with van der Waals surface area (Å²) in [5.41, 5.74) is 0. The summed E-state index contributed by atoms with van der Waals surface area (Å²) in [4.78, 5) is 0. The second-order valence-corrected chi connectivity index (χ2v) is 3.65. The summed E-state index contributed by atoms with van der Waals surface area (Å²) in [5, 5.41) is 3.31. The van der Waals surface area contributed by atoms with Gasteiger partial charge in [-0.25, -0.2) is 0 Å². The molecule has 1 aliphatic carbocycles. The molecule has 1 fully saturated rings. The molecule has 0 radical (unpaired) electrons. The van der Waals surface area contributed by atoms with Gasteiger partial charge >= 0.3 is 0 Å². The third-order valence-corrected chi connectivity index (χ3v) is 2.59. The summed E-state index contributed by atoms with van der Waals surface area (Å²) in [7, 11) is 0. The van der Waals surface area contributed by atoms with E-state index in [1.54, 1.807) is 0 Å². The van der Waals surface area contributed by atoms with E-state index >= 15 is 0 Å². The van der Waals surface area contributed by atoms with Crippen LogP contribution in [0.25, 0.3) is 0 Å². The lowest BCUT2D eigenvalue weighted by Crippen LogP contribution is -2.23. The van der Waals surface area contributed by atoms with Gasteiger partial charge in [0.2, 0.25) is 0 Å². The van der Waals surface area contributed by atoms with Crippen molar-refractivity contribution in [3.63, 3.8) is 0 Å². The number of ether oxygens (including phenoxy) is 1. The third-order valence-electron chi connectivity index (χ3n) is 2.59. The van der Waals surface area contributed by atoms with E-state index in [4.69, 9.17) is 4.74 Å². The molecular formula is C10H17NO. The summed E-state index contributed by atoms with van der Waals surface area (Å²) >= 11 is 0. The predicted molar refractivity (Wildman–Crippen MR) is 49.1 cm³/mol. The van der Waals surface area contributed by atoms with Crippen LogP contribution < -0.4 is 5.32 Å². The van der Waals surface area contributed by atoms with E-state index in [0.29, 0.717) is 12.2 Å². The minimum Gasteiger partial charge on any atom is -0.370 e. The molecule has 0 amide bonds. The summed E-state index contributed by atoms with van der Waals surface area (Å²) in [6, 6.07) is 0. The maximum atomic E-state index is 5.90. The molecule has 2 nitrogen and oxygen atoms in total. The highest BCUT2D eigenvalue weighted by atomic mass is 16.5. The largest absolute Gasteiger partial charge is 0.370 e. The van der Waals surface area contributed by atoms with E-state index in [1.807, 2.05) is 0 Å². The first-order valence-electron chi connectivity index (χ1n) is 4.98. The van der Waals surface area contributed by atoms with Gasteiger partial charge in [0, 0.05) is 6.54 Å². The van der Waals surface area contributed by atoms with Crippen LogP contribution in [-0.4, -0.2) is 25.3 Å². The molecule has 1 saturated heterocycles. The van der Waals surface area contributed by atoms with Crippen molar-refractivity contribution in [1.82, 2.24) is 5.32 Å². The van der Waals surface area contributed by atoms with E-state index in [2.05, 4.69) is 17.5 Å². The van der Waals surface area contributed by atoms with Gasteiger partial charge < -0.3 is 10.1 Å². The maximum absolute atomic E-state index is 5.90. The van der Waals surface area contributed by atoms with Gasteiger partial charge in [-0.2, -0.15) is 0 Å². The topological polar surface area (TPSA) is 21.3 Å². The standard InChI is InChI=1S/C10H17NO/c1-2-4-9(5-3-1)12-10-6-7-11-8-10/h2,4,9-11H,1,3,5-8H2. The molecule has 2 unspecified atom stereocenters. The second kappa shape index (κ2) is 4.06. The maximum Gasteiger partial charge on any atom is 0.0760 e. The van der Waals surface area contributed by atoms with Gasteiger partial charge in [0.1, 0.15) is 0 Å². The lowest BCUT2D eigenvalue weighted by atomic mass is 10.1. The fourth-order valence-corrected chi connectivity index (χ4v) is 1.89. The zero-order valence-electron chi connectivity index (χ0n) is 7.46. The van der Waals surface area contributed by atoms with Gasteiger partial charge in [-0.05, 0) is 32.2 Å². The first-order valence-corrected chi connectivity index (χ1v) is 4.98. The third kappa shape index (κ3) is 2.08. The van der Waals surface area contributed by atoms with Crippen molar-refractivity contribution >= 4 is 0 Å². The molecule has 0 aromatic rings. The van der Waals surface area contributed by atoms with Gasteiger partial charge in [0.15, 0.2) is 0 Å². The van der Waals surface area contributed by atoms with Gasteiger partial charge in [-0.1, -0.05) is 12.2 Å². The van der Waals surface area contributed by atoms with Gasteiger partial charge in [0.25, 0.3) is 0 Å². The Bertz CT molecular complexity index is 161. The monoisotopic (exact) mass is 167 g/mol. The van der Waals surface area contributed by atoms with Crippen molar-refractivity contribution in [1.29, 1.82) is 0 Å². The van der Waals surface area contributed by atoms with Crippen LogP contribution >= 0.6 is 0 Å². The fourth-order valence-electron chi connectivity index (χ4n) is 1.89. The van der Waals surface area contributed by atoms with E-state index in [-0.39, 0.29) is 0 Å². The zero-order valence-corrected chi connectivity index (χ0v) is 7.46. The molecule has 12 heavy (non-hydrogen) atoms. The van der Waals surface area contributed by atoms with Crippen LogP contribution in [0.15, 0.2) is 12.2 Å². The molecule has 0 bridgehead atoms. The van der Waals surface area contributed by atoms with Crippen molar-refractivity contribution in [2.45, 2.75) is 37.9 Å². The molecule has 2 heteroatoms. The van der Waals surface area contributed by atoms with Crippen LogP contribution in [0.1, 0.15) is 25.7 Å². The quantitative estimate of drug-likeness (QED) is 0.629. The number of hydrogen-bond acceptors (Lipinski definition) is 2. The van der Waals surface area contributed by atoms with Crippen LogP contribution in [-0.2, 0) is 4.74 Å². The molecule has 0 aromatic heterocycles. The first kappa shape index (κ1) is 8.27. The summed E-state index contributed by atoms with van der Waals surface area (Å²) < 4.78 is 5.90. The van der Waals surface area contributed by atoms with Crippen LogP contribution in [0.4, 0.5) is 0 Å². The Hall–Kier alpha value is -0.340. The smallest absolute Gasteiger partial charge is 0.0760 e. The minimum atomic E-state index is 0.406. The van der Waals surface area contributed by atoms with E-state index in [9.17, 15) is 0 Å². The number of hydrogen-bond donors (Lipinski definition) is 1. The summed E-state index contributed by atoms with van der Waals surface area (Å²) in [6.07, 6.45) is 10.3. The molecule has 1 heterocycles. The fraction of sp³-hybridized carbons (Fsp3) is 0.800. The highest BCUT2D eigenvalue weighted by Gasteiger charge is 2.19. The Morgan fingerprint density at radius 3 is 3.00 bits per heavy atom. The van der Waals surface area contributed by atoms with Crippen LogP contribution in [0.2, 0.25) is 0 Å². The summed E-state index contributed by atoms with van der Waals surface area (Å²) in [6.45, 7) is 2.17. The Kier molecular flexibility index (Phi) is 2.79. The molecule has 1 N–H and O–H groups in total. The molecule has 2 rings (SSSR count). The molecule has 0 aromatic carbocycles. The van der Waals surface area contributed by atoms with E-state index < -0.39 is 0 Å². The molecule has 68 valence electrons. The molecule has 0 spiro atoms. The normalized spacial score (nSPS) is 35.7. The molecule has 2 atom stereocenters. The minimum absolute atomic E-state index is 0.406. The molecule has 2 aliphatic rings. The van der Waals surface area contributed by atoms with Crippen LogP contribution in [0, 0.1) is 0 Å². The Morgan fingerprint density at radius 1 is 1.33 bits per heavy atom. The number of rotatable bonds is 2. The highest BCUT2D eigenvalue weighted by Crippen LogP contribution is 2.17. The predicted octanol–water partition coefficient (Wildman–Crippen LogP) is 1.47. The van der Waals surface area contributed by atoms with Crippen molar-refractivity contribution in [2.24, 2.45) is 0 Å². The highest BCUT2D eigenvalue weighted by molar-refractivity contribution is 4.95. The van der Waals surface area contributed by atoms with E-state index in [0.717, 1.165) is 13.1 Å². The average molecular weight is 167 g/mol. The van der Waals surface area contributed by atoms with Crippen molar-refractivity contribution in [2.75, 3.05) is 13.1 Å². The first-order chi connectivity index (χ1) is 5.95. The Labute approximate surface area is 74.0 Å². The van der Waals surface area contributed by atoms with E-state index in [1.165, 1.54) is 25.7 Å². The van der Waals surface area contributed by atoms with Gasteiger partial charge in [-0.3, -0.25) is 0 Å². The van der Waals surface area contributed by atoms with Crippen molar-refractivity contribution in [3.8, 4) is 0 Å². The number of nitrogens with one attached hydrogen (secondary N) is 1.